The SMILES string of the molecule is CCC[C@@H](CO)NC(=O)Cn1nc(C(C)(C)F)c2cc(C(F)(F)F)ccc2c1=O. The van der Waals surface area contributed by atoms with Gasteiger partial charge in [0.15, 0.2) is 0 Å². The molecule has 0 aliphatic heterocycles. The monoisotopic (exact) mass is 417 g/mol. The third kappa shape index (κ3) is 5.31. The summed E-state index contributed by atoms with van der Waals surface area (Å²) in [6.07, 6.45) is -3.44. The van der Waals surface area contributed by atoms with Crippen LogP contribution in [0.15, 0.2) is 23.0 Å². The standard InChI is InChI=1S/C19H23F4N3O3/c1-4-5-12(10-27)24-15(28)9-26-17(29)13-7-6-11(19(21,22)23)8-14(13)16(25-26)18(2,3)20/h6-8,12,27H,4-5,9-10H2,1-3H3,(H,24,28)/t12-/m0/s1. The summed E-state index contributed by atoms with van der Waals surface area (Å²) in [5.41, 5.74) is -4.38. The molecule has 1 atom stereocenters. The van der Waals surface area contributed by atoms with Gasteiger partial charge in [-0.05, 0) is 38.5 Å². The second-order valence-corrected chi connectivity index (χ2v) is 7.28. The van der Waals surface area contributed by atoms with Crippen LogP contribution in [0.2, 0.25) is 0 Å². The molecule has 10 heteroatoms. The number of benzene rings is 1. The van der Waals surface area contributed by atoms with Crippen molar-refractivity contribution in [1.29, 1.82) is 0 Å². The largest absolute Gasteiger partial charge is 0.416 e. The summed E-state index contributed by atoms with van der Waals surface area (Å²) in [5.74, 6) is -0.624. The van der Waals surface area contributed by atoms with Crippen LogP contribution in [0.1, 0.15) is 44.9 Å². The fraction of sp³-hybridized carbons (Fsp3) is 0.526. The number of carbonyl (C=O) groups is 1. The average Bonchev–Trinajstić information content (AvgIpc) is 2.61. The predicted molar refractivity (Wildman–Crippen MR) is 99.1 cm³/mol. The molecule has 2 aromatic rings. The van der Waals surface area contributed by atoms with E-state index in [0.29, 0.717) is 18.9 Å². The fourth-order valence-corrected chi connectivity index (χ4v) is 2.98. The van der Waals surface area contributed by atoms with Crippen molar-refractivity contribution < 1.29 is 27.5 Å². The van der Waals surface area contributed by atoms with E-state index in [9.17, 15) is 32.3 Å². The van der Waals surface area contributed by atoms with Gasteiger partial charge in [0, 0.05) is 5.39 Å². The summed E-state index contributed by atoms with van der Waals surface area (Å²) in [4.78, 5) is 24.9. The molecule has 1 aromatic heterocycles. The highest BCUT2D eigenvalue weighted by molar-refractivity contribution is 5.85. The molecule has 2 rings (SSSR count). The van der Waals surface area contributed by atoms with Crippen molar-refractivity contribution >= 4 is 16.7 Å². The van der Waals surface area contributed by atoms with Crippen LogP contribution < -0.4 is 10.9 Å². The highest BCUT2D eigenvalue weighted by Crippen LogP contribution is 2.34. The molecule has 1 heterocycles. The van der Waals surface area contributed by atoms with E-state index in [4.69, 9.17) is 0 Å². The van der Waals surface area contributed by atoms with Gasteiger partial charge in [0.2, 0.25) is 5.91 Å². The molecule has 1 amide bonds. The van der Waals surface area contributed by atoms with E-state index in [-0.39, 0.29) is 23.1 Å². The average molecular weight is 417 g/mol. The van der Waals surface area contributed by atoms with Gasteiger partial charge in [-0.3, -0.25) is 9.59 Å². The molecule has 0 unspecified atom stereocenters. The number of nitrogens with one attached hydrogen (secondary N) is 1. The molecule has 0 saturated heterocycles. The van der Waals surface area contributed by atoms with Crippen LogP contribution in [0.4, 0.5) is 17.6 Å². The first-order valence-electron chi connectivity index (χ1n) is 9.10. The van der Waals surface area contributed by atoms with E-state index in [1.54, 1.807) is 0 Å². The van der Waals surface area contributed by atoms with Gasteiger partial charge < -0.3 is 10.4 Å². The maximum Gasteiger partial charge on any atom is 0.416 e. The van der Waals surface area contributed by atoms with Gasteiger partial charge in [0.25, 0.3) is 5.56 Å². The van der Waals surface area contributed by atoms with E-state index < -0.39 is 41.5 Å². The lowest BCUT2D eigenvalue weighted by atomic mass is 9.99. The van der Waals surface area contributed by atoms with Crippen molar-refractivity contribution in [3.8, 4) is 0 Å². The first-order chi connectivity index (χ1) is 13.4. The number of amides is 1. The van der Waals surface area contributed by atoms with E-state index >= 15 is 0 Å². The second kappa shape index (κ2) is 8.48. The van der Waals surface area contributed by atoms with Crippen molar-refractivity contribution in [3.63, 3.8) is 0 Å². The number of aliphatic hydroxyl groups excluding tert-OH is 1. The van der Waals surface area contributed by atoms with Crippen LogP contribution in [0.3, 0.4) is 0 Å². The van der Waals surface area contributed by atoms with E-state index in [1.807, 2.05) is 6.92 Å². The fourth-order valence-electron chi connectivity index (χ4n) is 2.98. The lowest BCUT2D eigenvalue weighted by molar-refractivity contribution is -0.137. The van der Waals surface area contributed by atoms with Crippen LogP contribution in [0, 0.1) is 0 Å². The highest BCUT2D eigenvalue weighted by atomic mass is 19.4. The van der Waals surface area contributed by atoms with Crippen LogP contribution in [0.25, 0.3) is 10.8 Å². The van der Waals surface area contributed by atoms with Gasteiger partial charge in [-0.1, -0.05) is 13.3 Å². The predicted octanol–water partition coefficient (Wildman–Crippen LogP) is 2.90. The summed E-state index contributed by atoms with van der Waals surface area (Å²) in [7, 11) is 0. The van der Waals surface area contributed by atoms with Gasteiger partial charge in [0.05, 0.1) is 23.6 Å². The van der Waals surface area contributed by atoms with Crippen molar-refractivity contribution in [2.24, 2.45) is 0 Å². The minimum Gasteiger partial charge on any atom is -0.394 e. The second-order valence-electron chi connectivity index (χ2n) is 7.28. The Morgan fingerprint density at radius 1 is 1.24 bits per heavy atom. The third-order valence-corrected chi connectivity index (χ3v) is 4.37. The van der Waals surface area contributed by atoms with Gasteiger partial charge in [-0.2, -0.15) is 18.3 Å². The molecule has 0 radical (unpaired) electrons. The molecule has 29 heavy (non-hydrogen) atoms. The van der Waals surface area contributed by atoms with E-state index in [1.165, 1.54) is 0 Å². The molecule has 0 spiro atoms. The number of carbonyl (C=O) groups excluding carboxylic acids is 1. The number of alkyl halides is 4. The number of hydrogen-bond acceptors (Lipinski definition) is 4. The molecule has 2 N–H and O–H groups in total. The lowest BCUT2D eigenvalue weighted by Gasteiger charge is -2.20. The van der Waals surface area contributed by atoms with E-state index in [0.717, 1.165) is 30.7 Å². The zero-order chi connectivity index (χ0) is 22.0. The van der Waals surface area contributed by atoms with Gasteiger partial charge >= 0.3 is 6.18 Å². The van der Waals surface area contributed by atoms with Gasteiger partial charge in [-0.15, -0.1) is 0 Å². The Morgan fingerprint density at radius 3 is 2.41 bits per heavy atom. The minimum absolute atomic E-state index is 0.172. The first-order valence-corrected chi connectivity index (χ1v) is 9.10. The Balaban J connectivity index is 2.54. The number of halogens is 4. The summed E-state index contributed by atoms with van der Waals surface area (Å²) < 4.78 is 54.6. The Labute approximate surface area is 164 Å². The summed E-state index contributed by atoms with van der Waals surface area (Å²) in [6.45, 7) is 3.23. The van der Waals surface area contributed by atoms with Crippen molar-refractivity contribution in [3.05, 3.63) is 39.8 Å². The van der Waals surface area contributed by atoms with Gasteiger partial charge in [-0.25, -0.2) is 9.07 Å². The van der Waals surface area contributed by atoms with Crippen molar-refractivity contribution in [2.75, 3.05) is 6.61 Å². The maximum atomic E-state index is 14.7. The number of aliphatic hydroxyl groups is 1. The van der Waals surface area contributed by atoms with Crippen LogP contribution >= 0.6 is 0 Å². The number of aromatic nitrogens is 2. The zero-order valence-corrected chi connectivity index (χ0v) is 16.3. The Hall–Kier alpha value is -2.49. The number of rotatable bonds is 7. The van der Waals surface area contributed by atoms with Crippen LogP contribution in [-0.4, -0.2) is 33.4 Å². The molecule has 0 fully saturated rings. The molecule has 0 saturated carbocycles. The molecule has 0 bridgehead atoms. The topological polar surface area (TPSA) is 84.2 Å². The molecule has 0 aliphatic carbocycles. The Bertz CT molecular complexity index is 949. The van der Waals surface area contributed by atoms with E-state index in [2.05, 4.69) is 10.4 Å². The highest BCUT2D eigenvalue weighted by Gasteiger charge is 2.33. The third-order valence-electron chi connectivity index (χ3n) is 4.37. The molecular weight excluding hydrogens is 394 g/mol. The smallest absolute Gasteiger partial charge is 0.394 e. The zero-order valence-electron chi connectivity index (χ0n) is 16.3. The number of hydrogen-bond donors (Lipinski definition) is 2. The Kier molecular flexibility index (Phi) is 6.67. The molecule has 160 valence electrons. The molecular formula is C19H23F4N3O3. The van der Waals surface area contributed by atoms with Crippen molar-refractivity contribution in [1.82, 2.24) is 15.1 Å². The molecule has 1 aromatic carbocycles. The Morgan fingerprint density at radius 2 is 1.90 bits per heavy atom. The number of fused-ring (bicyclic) bond motifs is 1. The normalized spacial score (nSPS) is 13.5. The summed E-state index contributed by atoms with van der Waals surface area (Å²) in [6, 6.07) is 1.87. The maximum absolute atomic E-state index is 14.7. The molecule has 6 nitrogen and oxygen atoms in total. The summed E-state index contributed by atoms with van der Waals surface area (Å²) in [5, 5.41) is 15.2. The van der Waals surface area contributed by atoms with Crippen LogP contribution in [0.5, 0.6) is 0 Å². The first kappa shape index (κ1) is 22.8. The van der Waals surface area contributed by atoms with Crippen molar-refractivity contribution in [2.45, 2.75) is 58.0 Å². The number of nitrogens with zero attached hydrogens (tertiary/aromatic N) is 2. The van der Waals surface area contributed by atoms with Gasteiger partial charge in [0.1, 0.15) is 17.9 Å². The quantitative estimate of drug-likeness (QED) is 0.679. The minimum atomic E-state index is -4.67. The van der Waals surface area contributed by atoms with Crippen LogP contribution in [-0.2, 0) is 23.2 Å². The summed E-state index contributed by atoms with van der Waals surface area (Å²) >= 11 is 0. The lowest BCUT2D eigenvalue weighted by Crippen LogP contribution is -2.41. The molecule has 0 aliphatic rings.